The highest BCUT2D eigenvalue weighted by Gasteiger charge is 2.08. The maximum atomic E-state index is 12.2. The third-order valence-electron chi connectivity index (χ3n) is 3.27. The van der Waals surface area contributed by atoms with Crippen LogP contribution in [0.15, 0.2) is 50.8 Å². The Hall–Kier alpha value is -2.32. The summed E-state index contributed by atoms with van der Waals surface area (Å²) in [6.45, 7) is 0. The van der Waals surface area contributed by atoms with Crippen LogP contribution in [0.2, 0.25) is 0 Å². The molecule has 0 aliphatic rings. The first-order valence-corrected chi connectivity index (χ1v) is 8.56. The van der Waals surface area contributed by atoms with Crippen LogP contribution in [-0.2, 0) is 0 Å². The van der Waals surface area contributed by atoms with Crippen LogP contribution < -0.4 is 25.1 Å². The largest absolute Gasteiger partial charge is 0.493 e. The van der Waals surface area contributed by atoms with Gasteiger partial charge in [0, 0.05) is 16.6 Å². The summed E-state index contributed by atoms with van der Waals surface area (Å²) in [6, 6.07) is 11.1. The van der Waals surface area contributed by atoms with Crippen molar-refractivity contribution < 1.29 is 9.47 Å². The van der Waals surface area contributed by atoms with Gasteiger partial charge in [-0.15, -0.1) is 11.3 Å². The minimum atomic E-state index is -0.274. The molecule has 0 saturated carbocycles. The molecule has 2 N–H and O–H groups in total. The lowest BCUT2D eigenvalue weighted by Crippen LogP contribution is -2.26. The average molecular weight is 408 g/mol. The van der Waals surface area contributed by atoms with Gasteiger partial charge in [-0.05, 0) is 24.3 Å². The Morgan fingerprint density at radius 1 is 1.12 bits per heavy atom. The fourth-order valence-electron chi connectivity index (χ4n) is 2.08. The second-order valence-electron chi connectivity index (χ2n) is 4.80. The van der Waals surface area contributed by atoms with Gasteiger partial charge in [-0.3, -0.25) is 10.2 Å². The van der Waals surface area contributed by atoms with Gasteiger partial charge in [0.05, 0.1) is 30.1 Å². The van der Waals surface area contributed by atoms with E-state index in [0.29, 0.717) is 21.7 Å². The van der Waals surface area contributed by atoms with Crippen molar-refractivity contribution in [1.82, 2.24) is 4.98 Å². The number of aromatic nitrogens is 1. The standard InChI is InChI=1S/C16H14BrN3O3S/c1-22-12-7-11-14(8-13(12)23-2)24-16(15(21)18-11)20-19-10-5-3-9(17)4-6-10/h3-8,19H,1-2H3,(H,18,21). The number of nitrogens with one attached hydrogen (secondary N) is 2. The molecule has 0 atom stereocenters. The lowest BCUT2D eigenvalue weighted by Gasteiger charge is -2.08. The highest BCUT2D eigenvalue weighted by Crippen LogP contribution is 2.31. The summed E-state index contributed by atoms with van der Waals surface area (Å²) in [4.78, 5) is 15.0. The topological polar surface area (TPSA) is 75.7 Å². The molecule has 1 heterocycles. The van der Waals surface area contributed by atoms with E-state index in [0.717, 1.165) is 14.9 Å². The van der Waals surface area contributed by atoms with Crippen molar-refractivity contribution in [3.8, 4) is 11.5 Å². The lowest BCUT2D eigenvalue weighted by atomic mass is 10.3. The van der Waals surface area contributed by atoms with Gasteiger partial charge in [0.25, 0.3) is 5.56 Å². The Morgan fingerprint density at radius 3 is 2.46 bits per heavy atom. The predicted octanol–water partition coefficient (Wildman–Crippen LogP) is 3.30. The number of methoxy groups -OCH3 is 2. The Balaban J connectivity index is 2.04. The van der Waals surface area contributed by atoms with Crippen molar-refractivity contribution in [2.45, 2.75) is 0 Å². The molecule has 24 heavy (non-hydrogen) atoms. The first kappa shape index (κ1) is 16.5. The van der Waals surface area contributed by atoms with Crippen molar-refractivity contribution in [3.63, 3.8) is 0 Å². The number of rotatable bonds is 4. The summed E-state index contributed by atoms with van der Waals surface area (Å²) in [5, 5.41) is 4.19. The van der Waals surface area contributed by atoms with Gasteiger partial charge in [-0.1, -0.05) is 15.9 Å². The zero-order valence-electron chi connectivity index (χ0n) is 12.9. The van der Waals surface area contributed by atoms with Crippen molar-refractivity contribution in [2.24, 2.45) is 5.10 Å². The average Bonchev–Trinajstić information content (AvgIpc) is 2.60. The van der Waals surface area contributed by atoms with E-state index in [9.17, 15) is 4.79 Å². The molecule has 6 nitrogen and oxygen atoms in total. The molecule has 8 heteroatoms. The molecule has 0 aliphatic heterocycles. The van der Waals surface area contributed by atoms with Gasteiger partial charge < -0.3 is 14.5 Å². The van der Waals surface area contributed by atoms with Crippen molar-refractivity contribution in [3.05, 3.63) is 55.9 Å². The maximum Gasteiger partial charge on any atom is 0.286 e. The van der Waals surface area contributed by atoms with Gasteiger partial charge in [0.15, 0.2) is 11.5 Å². The van der Waals surface area contributed by atoms with E-state index in [4.69, 9.17) is 9.47 Å². The number of halogens is 1. The molecule has 0 saturated heterocycles. The minimum Gasteiger partial charge on any atom is -0.493 e. The van der Waals surface area contributed by atoms with Gasteiger partial charge in [-0.25, -0.2) is 0 Å². The summed E-state index contributed by atoms with van der Waals surface area (Å²) >= 11 is 4.64. The summed E-state index contributed by atoms with van der Waals surface area (Å²) in [5.74, 6) is 1.16. The van der Waals surface area contributed by atoms with Crippen molar-refractivity contribution >= 4 is 43.2 Å². The van der Waals surface area contributed by atoms with Gasteiger partial charge in [0.2, 0.25) is 4.67 Å². The number of aromatic amines is 1. The minimum absolute atomic E-state index is 0.274. The fraction of sp³-hybridized carbons (Fsp3) is 0.125. The quantitative estimate of drug-likeness (QED) is 0.650. The van der Waals surface area contributed by atoms with Crippen LogP contribution in [0.3, 0.4) is 0 Å². The molecule has 0 fully saturated rings. The summed E-state index contributed by atoms with van der Waals surface area (Å²) in [5.41, 5.74) is 4.07. The van der Waals surface area contributed by atoms with Gasteiger partial charge >= 0.3 is 0 Å². The first-order chi connectivity index (χ1) is 11.6. The number of H-pyrrole nitrogens is 1. The van der Waals surface area contributed by atoms with Gasteiger partial charge in [0.1, 0.15) is 0 Å². The van der Waals surface area contributed by atoms with E-state index >= 15 is 0 Å². The Labute approximate surface area is 149 Å². The van der Waals surface area contributed by atoms with Crippen LogP contribution in [0.4, 0.5) is 5.69 Å². The van der Waals surface area contributed by atoms with Crippen LogP contribution in [-0.4, -0.2) is 19.2 Å². The SMILES string of the molecule is COc1cc2[nH]c(=O)c(=NNc3ccc(Br)cc3)sc2cc1OC. The summed E-state index contributed by atoms with van der Waals surface area (Å²) in [7, 11) is 3.12. The maximum absolute atomic E-state index is 12.2. The normalized spacial score (nSPS) is 11.5. The Kier molecular flexibility index (Phi) is 4.86. The van der Waals surface area contributed by atoms with Crippen LogP contribution in [0.25, 0.3) is 10.2 Å². The van der Waals surface area contributed by atoms with Crippen molar-refractivity contribution in [1.29, 1.82) is 0 Å². The van der Waals surface area contributed by atoms with E-state index in [-0.39, 0.29) is 5.56 Å². The lowest BCUT2D eigenvalue weighted by molar-refractivity contribution is 0.356. The van der Waals surface area contributed by atoms with Crippen LogP contribution in [0.5, 0.6) is 11.5 Å². The van der Waals surface area contributed by atoms with E-state index in [1.807, 2.05) is 30.3 Å². The van der Waals surface area contributed by atoms with E-state index < -0.39 is 0 Å². The third kappa shape index (κ3) is 3.44. The molecule has 1 aromatic heterocycles. The molecular weight excluding hydrogens is 394 g/mol. The highest BCUT2D eigenvalue weighted by molar-refractivity contribution is 9.10. The van der Waals surface area contributed by atoms with Crippen LogP contribution in [0, 0.1) is 0 Å². The summed E-state index contributed by atoms with van der Waals surface area (Å²) < 4.78 is 12.7. The number of nitrogens with zero attached hydrogens (tertiary/aromatic N) is 1. The molecule has 0 amide bonds. The van der Waals surface area contributed by atoms with E-state index in [1.165, 1.54) is 11.3 Å². The monoisotopic (exact) mass is 407 g/mol. The molecule has 2 aromatic carbocycles. The summed E-state index contributed by atoms with van der Waals surface area (Å²) in [6.07, 6.45) is 0. The molecule has 0 bridgehead atoms. The number of benzene rings is 2. The number of hydrogen-bond acceptors (Lipinski definition) is 6. The number of ether oxygens (including phenoxy) is 2. The van der Waals surface area contributed by atoms with Crippen molar-refractivity contribution in [2.75, 3.05) is 19.6 Å². The number of anilines is 1. The van der Waals surface area contributed by atoms with E-state index in [2.05, 4.69) is 31.4 Å². The highest BCUT2D eigenvalue weighted by atomic mass is 79.9. The molecular formula is C16H14BrN3O3S. The molecule has 3 rings (SSSR count). The Morgan fingerprint density at radius 2 is 1.79 bits per heavy atom. The molecule has 3 aromatic rings. The smallest absolute Gasteiger partial charge is 0.286 e. The van der Waals surface area contributed by atoms with E-state index in [1.54, 1.807) is 20.3 Å². The number of fused-ring (bicyclic) bond motifs is 1. The molecule has 0 aliphatic carbocycles. The zero-order valence-corrected chi connectivity index (χ0v) is 15.3. The molecule has 124 valence electrons. The number of hydrogen-bond donors (Lipinski definition) is 2. The molecule has 0 spiro atoms. The Bertz CT molecular complexity index is 996. The second-order valence-corrected chi connectivity index (χ2v) is 6.74. The van der Waals surface area contributed by atoms with Crippen LogP contribution in [0.1, 0.15) is 0 Å². The zero-order chi connectivity index (χ0) is 17.1. The molecule has 0 radical (unpaired) electrons. The van der Waals surface area contributed by atoms with Crippen LogP contribution >= 0.6 is 27.3 Å². The van der Waals surface area contributed by atoms with Gasteiger partial charge in [-0.2, -0.15) is 5.10 Å². The predicted molar refractivity (Wildman–Crippen MR) is 98.9 cm³/mol. The third-order valence-corrected chi connectivity index (χ3v) is 4.82. The fourth-order valence-corrected chi connectivity index (χ4v) is 3.18. The first-order valence-electron chi connectivity index (χ1n) is 6.95. The molecule has 0 unspecified atom stereocenters. The second kappa shape index (κ2) is 7.06.